The molecule has 4 rings (SSSR count). The fourth-order valence-electron chi connectivity index (χ4n) is 3.80. The maximum Gasteiger partial charge on any atom is 0.267 e. The van der Waals surface area contributed by atoms with Gasteiger partial charge in [0.2, 0.25) is 5.91 Å². The second-order valence-electron chi connectivity index (χ2n) is 7.60. The lowest BCUT2D eigenvalue weighted by atomic mass is 10.1. The third-order valence-corrected chi connectivity index (χ3v) is 5.56. The average Bonchev–Trinajstić information content (AvgIpc) is 2.84. The maximum atomic E-state index is 12.7. The minimum absolute atomic E-state index is 0.200. The number of methoxy groups -OCH3 is 3. The molecule has 1 aliphatic heterocycles. The van der Waals surface area contributed by atoms with Crippen LogP contribution in [-0.2, 0) is 24.3 Å². The van der Waals surface area contributed by atoms with Gasteiger partial charge >= 0.3 is 0 Å². The van der Waals surface area contributed by atoms with Crippen molar-refractivity contribution in [3.05, 3.63) is 70.1 Å². The zero-order valence-electron chi connectivity index (χ0n) is 18.8. The van der Waals surface area contributed by atoms with Gasteiger partial charge < -0.3 is 24.4 Å². The van der Waals surface area contributed by atoms with E-state index in [0.717, 1.165) is 29.2 Å². The molecule has 1 aromatic heterocycles. The molecular formula is C24H26N4O5. The molecule has 0 radical (unpaired) electrons. The molecule has 0 atom stereocenters. The number of benzene rings is 2. The van der Waals surface area contributed by atoms with Crippen LogP contribution in [0.5, 0.6) is 17.2 Å². The normalized spacial score (nSPS) is 12.6. The molecule has 0 unspecified atom stereocenters. The second-order valence-corrected chi connectivity index (χ2v) is 7.60. The molecule has 3 aromatic rings. The first-order chi connectivity index (χ1) is 16.0. The zero-order chi connectivity index (χ0) is 23.4. The highest BCUT2D eigenvalue weighted by Gasteiger charge is 2.20. The lowest BCUT2D eigenvalue weighted by Crippen LogP contribution is -2.36. The number of carbonyl (C=O) groups excluding carboxylic acids is 1. The number of rotatable bonds is 7. The van der Waals surface area contributed by atoms with Crippen molar-refractivity contribution in [2.45, 2.75) is 19.5 Å². The molecule has 0 bridgehead atoms. The maximum absolute atomic E-state index is 12.7. The Balaban J connectivity index is 1.48. The minimum atomic E-state index is -0.383. The molecule has 2 heterocycles. The molecule has 1 amide bonds. The summed E-state index contributed by atoms with van der Waals surface area (Å²) in [4.78, 5) is 27.5. The van der Waals surface area contributed by atoms with Gasteiger partial charge in [-0.2, -0.15) is 5.10 Å². The fraction of sp³-hybridized carbons (Fsp3) is 0.292. The first-order valence-electron chi connectivity index (χ1n) is 10.5. The van der Waals surface area contributed by atoms with Crippen molar-refractivity contribution in [1.82, 2.24) is 9.78 Å². The van der Waals surface area contributed by atoms with Crippen LogP contribution in [0, 0.1) is 0 Å². The number of nitrogens with one attached hydrogen (secondary N) is 1. The van der Waals surface area contributed by atoms with Gasteiger partial charge in [-0.3, -0.25) is 9.59 Å². The second kappa shape index (κ2) is 9.64. The Kier molecular flexibility index (Phi) is 6.48. The summed E-state index contributed by atoms with van der Waals surface area (Å²) < 4.78 is 16.9. The third-order valence-electron chi connectivity index (χ3n) is 5.56. The van der Waals surface area contributed by atoms with Crippen LogP contribution in [0.3, 0.4) is 0 Å². The number of nitrogens with zero attached hydrogens (tertiary/aromatic N) is 3. The van der Waals surface area contributed by atoms with E-state index in [9.17, 15) is 9.59 Å². The standard InChI is InChI=1S/C24H26N4O5/c1-31-18-6-4-17(5-7-18)27-11-10-20-16(14-27)12-24(30)28(26-20)15-23(29)25-21-13-19(32-2)8-9-22(21)33-3/h4-9,12-13H,10-11,14-15H2,1-3H3,(H,25,29). The lowest BCUT2D eigenvalue weighted by molar-refractivity contribution is -0.117. The summed E-state index contributed by atoms with van der Waals surface area (Å²) in [6.07, 6.45) is 0.674. The van der Waals surface area contributed by atoms with Gasteiger partial charge in [-0.25, -0.2) is 4.68 Å². The molecule has 9 heteroatoms. The van der Waals surface area contributed by atoms with Gasteiger partial charge in [0.15, 0.2) is 0 Å². The predicted octanol–water partition coefficient (Wildman–Crippen LogP) is 2.47. The average molecular weight is 450 g/mol. The monoisotopic (exact) mass is 450 g/mol. The first kappa shape index (κ1) is 22.2. The van der Waals surface area contributed by atoms with Crippen LogP contribution >= 0.6 is 0 Å². The van der Waals surface area contributed by atoms with Crippen molar-refractivity contribution in [1.29, 1.82) is 0 Å². The van der Waals surface area contributed by atoms with Gasteiger partial charge in [-0.15, -0.1) is 0 Å². The number of aromatic nitrogens is 2. The molecular weight excluding hydrogens is 424 g/mol. The van der Waals surface area contributed by atoms with Crippen LogP contribution in [0.25, 0.3) is 0 Å². The highest BCUT2D eigenvalue weighted by Crippen LogP contribution is 2.29. The summed E-state index contributed by atoms with van der Waals surface area (Å²) in [5.74, 6) is 1.49. The topological polar surface area (TPSA) is 94.9 Å². The number of carbonyl (C=O) groups is 1. The van der Waals surface area contributed by atoms with Crippen molar-refractivity contribution in [3.63, 3.8) is 0 Å². The summed E-state index contributed by atoms with van der Waals surface area (Å²) in [7, 11) is 4.69. The van der Waals surface area contributed by atoms with Crippen molar-refractivity contribution in [2.75, 3.05) is 38.1 Å². The van der Waals surface area contributed by atoms with E-state index in [4.69, 9.17) is 14.2 Å². The van der Waals surface area contributed by atoms with E-state index >= 15 is 0 Å². The van der Waals surface area contributed by atoms with Gasteiger partial charge in [-0.1, -0.05) is 0 Å². The minimum Gasteiger partial charge on any atom is -0.497 e. The molecule has 2 aromatic carbocycles. The number of fused-ring (bicyclic) bond motifs is 1. The fourth-order valence-corrected chi connectivity index (χ4v) is 3.80. The van der Waals surface area contributed by atoms with E-state index < -0.39 is 0 Å². The van der Waals surface area contributed by atoms with Crippen LogP contribution < -0.4 is 30.0 Å². The highest BCUT2D eigenvalue weighted by molar-refractivity contribution is 5.92. The van der Waals surface area contributed by atoms with Gasteiger partial charge in [0, 0.05) is 42.9 Å². The van der Waals surface area contributed by atoms with E-state index in [1.165, 1.54) is 11.8 Å². The van der Waals surface area contributed by atoms with Crippen molar-refractivity contribution >= 4 is 17.3 Å². The van der Waals surface area contributed by atoms with E-state index in [1.54, 1.807) is 38.5 Å². The van der Waals surface area contributed by atoms with Crippen molar-refractivity contribution in [3.8, 4) is 17.2 Å². The number of ether oxygens (including phenoxy) is 3. The Morgan fingerprint density at radius 3 is 2.42 bits per heavy atom. The molecule has 1 aliphatic rings. The Labute approximate surface area is 191 Å². The van der Waals surface area contributed by atoms with E-state index in [0.29, 0.717) is 30.2 Å². The van der Waals surface area contributed by atoms with Crippen molar-refractivity contribution in [2.24, 2.45) is 0 Å². The zero-order valence-corrected chi connectivity index (χ0v) is 18.8. The Morgan fingerprint density at radius 2 is 1.73 bits per heavy atom. The summed E-state index contributed by atoms with van der Waals surface area (Å²) in [5.41, 5.74) is 2.89. The molecule has 0 saturated heterocycles. The molecule has 172 valence electrons. The van der Waals surface area contributed by atoms with Gasteiger partial charge in [0.1, 0.15) is 23.8 Å². The van der Waals surface area contributed by atoms with Crippen LogP contribution in [0.2, 0.25) is 0 Å². The van der Waals surface area contributed by atoms with E-state index in [2.05, 4.69) is 15.3 Å². The Bertz CT molecular complexity index is 1210. The molecule has 0 spiro atoms. The van der Waals surface area contributed by atoms with Crippen LogP contribution in [0.15, 0.2) is 53.3 Å². The molecule has 33 heavy (non-hydrogen) atoms. The summed E-state index contributed by atoms with van der Waals surface area (Å²) >= 11 is 0. The van der Waals surface area contributed by atoms with Gasteiger partial charge in [-0.05, 0) is 36.4 Å². The largest absolute Gasteiger partial charge is 0.497 e. The molecule has 0 fully saturated rings. The van der Waals surface area contributed by atoms with Crippen LogP contribution in [-0.4, -0.2) is 43.6 Å². The number of anilines is 2. The molecule has 0 saturated carbocycles. The number of hydrogen-bond acceptors (Lipinski definition) is 7. The SMILES string of the molecule is COc1ccc(N2CCc3nn(CC(=O)Nc4cc(OC)ccc4OC)c(=O)cc3C2)cc1. The Morgan fingerprint density at radius 1 is 1.00 bits per heavy atom. The van der Waals surface area contributed by atoms with Gasteiger partial charge in [0.05, 0.1) is 32.7 Å². The smallest absolute Gasteiger partial charge is 0.267 e. The van der Waals surface area contributed by atoms with Crippen LogP contribution in [0.4, 0.5) is 11.4 Å². The number of amides is 1. The van der Waals surface area contributed by atoms with E-state index in [-0.39, 0.29) is 18.0 Å². The highest BCUT2D eigenvalue weighted by atomic mass is 16.5. The molecule has 1 N–H and O–H groups in total. The first-order valence-corrected chi connectivity index (χ1v) is 10.5. The van der Waals surface area contributed by atoms with Crippen molar-refractivity contribution < 1.29 is 19.0 Å². The summed E-state index contributed by atoms with van der Waals surface area (Å²) in [6, 6.07) is 14.5. The lowest BCUT2D eigenvalue weighted by Gasteiger charge is -2.30. The number of hydrogen-bond donors (Lipinski definition) is 1. The van der Waals surface area contributed by atoms with Gasteiger partial charge in [0.25, 0.3) is 5.56 Å². The third kappa shape index (κ3) is 4.92. The molecule has 0 aliphatic carbocycles. The Hall–Kier alpha value is -4.01. The summed E-state index contributed by atoms with van der Waals surface area (Å²) in [5, 5.41) is 7.23. The summed E-state index contributed by atoms with van der Waals surface area (Å²) in [6.45, 7) is 1.14. The van der Waals surface area contributed by atoms with Crippen LogP contribution in [0.1, 0.15) is 11.3 Å². The predicted molar refractivity (Wildman–Crippen MR) is 124 cm³/mol. The molecule has 9 nitrogen and oxygen atoms in total. The van der Waals surface area contributed by atoms with E-state index in [1.807, 2.05) is 24.3 Å². The quantitative estimate of drug-likeness (QED) is 0.591.